The molecule has 6 rings (SSSR count). The molecule has 0 aliphatic rings. The fourth-order valence-corrected chi connectivity index (χ4v) is 6.93. The second-order valence-corrected chi connectivity index (χ2v) is 25.0. The van der Waals surface area contributed by atoms with Crippen LogP contribution in [0.2, 0.25) is 0 Å². The summed E-state index contributed by atoms with van der Waals surface area (Å²) in [6, 6.07) is 42.2. The van der Waals surface area contributed by atoms with Crippen molar-refractivity contribution in [2.24, 2.45) is 0 Å². The zero-order chi connectivity index (χ0) is 56.0. The molecule has 6 aromatic rings. The molecule has 0 aromatic heterocycles. The Morgan fingerprint density at radius 1 is 0.356 bits per heavy atom. The lowest BCUT2D eigenvalue weighted by molar-refractivity contribution is -0.386. The number of nitro benzene ring substituents is 1. The molecular weight excluding hydrogens is 915 g/mol. The van der Waals surface area contributed by atoms with Gasteiger partial charge in [-0.1, -0.05) is 264 Å². The molecular formula is C66H93F4NO2. The second kappa shape index (κ2) is 27.7. The Bertz CT molecular complexity index is 2430. The molecule has 7 heteroatoms. The van der Waals surface area contributed by atoms with Gasteiger partial charge >= 0.3 is 0 Å². The Kier molecular flexibility index (Phi) is 25.5. The van der Waals surface area contributed by atoms with Crippen LogP contribution < -0.4 is 0 Å². The van der Waals surface area contributed by atoms with Gasteiger partial charge in [0, 0.05) is 22.8 Å². The van der Waals surface area contributed by atoms with Crippen molar-refractivity contribution in [2.75, 3.05) is 0 Å². The van der Waals surface area contributed by atoms with Gasteiger partial charge < -0.3 is 0 Å². The maximum Gasteiger partial charge on any atom is 0.273 e. The van der Waals surface area contributed by atoms with E-state index in [0.29, 0.717) is 5.41 Å². The lowest BCUT2D eigenvalue weighted by Crippen LogP contribution is -2.19. The van der Waals surface area contributed by atoms with Gasteiger partial charge in [-0.25, -0.2) is 17.6 Å². The smallest absolute Gasteiger partial charge is 0.258 e. The molecule has 0 radical (unpaired) electrons. The number of halogens is 4. The molecule has 0 N–H and O–H groups in total. The highest BCUT2D eigenvalue weighted by Crippen LogP contribution is 2.34. The number of benzene rings is 6. The summed E-state index contributed by atoms with van der Waals surface area (Å²) in [4.78, 5) is 10.5. The normalized spacial score (nSPS) is 11.5. The van der Waals surface area contributed by atoms with Gasteiger partial charge in [-0.3, -0.25) is 10.1 Å². The van der Waals surface area contributed by atoms with Crippen LogP contribution in [0.5, 0.6) is 0 Å². The first-order chi connectivity index (χ1) is 32.6. The van der Waals surface area contributed by atoms with Gasteiger partial charge in [0.05, 0.1) is 4.92 Å². The second-order valence-electron chi connectivity index (χ2n) is 25.0. The molecule has 0 saturated carbocycles. The van der Waals surface area contributed by atoms with Gasteiger partial charge in [-0.05, 0) is 94.9 Å². The first kappa shape index (κ1) is 67.4. The fraction of sp³-hybridized carbons (Fsp3) is 0.455. The molecule has 0 amide bonds. The van der Waals surface area contributed by atoms with E-state index < -0.39 is 39.8 Å². The summed E-state index contributed by atoms with van der Waals surface area (Å²) in [5.41, 5.74) is 10.3. The Labute approximate surface area is 441 Å². The number of hydrogen-bond acceptors (Lipinski definition) is 2. The largest absolute Gasteiger partial charge is 0.273 e. The number of nitrogens with zero attached hydrogens (tertiary/aromatic N) is 1. The van der Waals surface area contributed by atoms with Crippen molar-refractivity contribution in [3.05, 3.63) is 216 Å². The molecule has 0 saturated heterocycles. The standard InChI is InChI=1S/C11H12F4.C11H15NO2.3C11H16.C10H14.CH4/c1-5-7(12)9(14)6(11(2,3)4)10(15)8(5)13;1-8-5-6-9(11(2,3)4)10(7-8)12(13)14;3*1-9-5-7-10(8-6-9)11(2,3)4;1-10(2,3)9-7-5-4-6-8-9;/h1-4H3;5-7H,1-4H3;3*5-8H,1-4H3;4-8H,1-3H3;1H4. The van der Waals surface area contributed by atoms with E-state index in [9.17, 15) is 27.7 Å². The summed E-state index contributed by atoms with van der Waals surface area (Å²) in [5, 5.41) is 10.8. The van der Waals surface area contributed by atoms with E-state index in [-0.39, 0.29) is 39.7 Å². The Balaban J connectivity index is 0.000000855. The number of rotatable bonds is 1. The first-order valence-corrected chi connectivity index (χ1v) is 25.0. The number of nitro groups is 1. The fourth-order valence-electron chi connectivity index (χ4n) is 6.93. The van der Waals surface area contributed by atoms with Crippen LogP contribution in [0.15, 0.2) is 121 Å². The van der Waals surface area contributed by atoms with E-state index in [1.54, 1.807) is 6.07 Å². The summed E-state index contributed by atoms with van der Waals surface area (Å²) in [6.07, 6.45) is 0. The van der Waals surface area contributed by atoms with Crippen molar-refractivity contribution in [3.63, 3.8) is 0 Å². The van der Waals surface area contributed by atoms with E-state index in [1.807, 2.05) is 39.8 Å². The Hall–Kier alpha value is -5.56. The van der Waals surface area contributed by atoms with Crippen molar-refractivity contribution in [1.82, 2.24) is 0 Å². The minimum absolute atomic E-state index is 0. The molecule has 3 nitrogen and oxygen atoms in total. The third kappa shape index (κ3) is 23.0. The highest BCUT2D eigenvalue weighted by Gasteiger charge is 2.30. The van der Waals surface area contributed by atoms with Crippen LogP contribution in [0.25, 0.3) is 0 Å². The molecule has 402 valence electrons. The van der Waals surface area contributed by atoms with Crippen molar-refractivity contribution in [1.29, 1.82) is 0 Å². The molecule has 0 aliphatic heterocycles. The molecule has 0 aliphatic carbocycles. The molecule has 0 unspecified atom stereocenters. The summed E-state index contributed by atoms with van der Waals surface area (Å²) in [7, 11) is 0. The van der Waals surface area contributed by atoms with Gasteiger partial charge in [0.2, 0.25) is 0 Å². The average molecular weight is 1010 g/mol. The Morgan fingerprint density at radius 2 is 0.630 bits per heavy atom. The average Bonchev–Trinajstić information content (AvgIpc) is 3.25. The summed E-state index contributed by atoms with van der Waals surface area (Å²) in [5.74, 6) is -5.25. The van der Waals surface area contributed by atoms with E-state index >= 15 is 0 Å². The first-order valence-electron chi connectivity index (χ1n) is 25.0. The van der Waals surface area contributed by atoms with Gasteiger partial charge in [0.15, 0.2) is 23.3 Å². The molecule has 73 heavy (non-hydrogen) atoms. The van der Waals surface area contributed by atoms with E-state index in [4.69, 9.17) is 0 Å². The molecule has 0 bridgehead atoms. The monoisotopic (exact) mass is 1010 g/mol. The van der Waals surface area contributed by atoms with E-state index in [2.05, 4.69) is 207 Å². The molecule has 0 heterocycles. The zero-order valence-corrected chi connectivity index (χ0v) is 48.3. The third-order valence-corrected chi connectivity index (χ3v) is 11.8. The van der Waals surface area contributed by atoms with Crippen molar-refractivity contribution < 1.29 is 22.5 Å². The maximum atomic E-state index is 13.4. The van der Waals surface area contributed by atoms with Crippen LogP contribution in [-0.2, 0) is 32.5 Å². The van der Waals surface area contributed by atoms with Crippen LogP contribution in [0.4, 0.5) is 23.2 Å². The van der Waals surface area contributed by atoms with Crippen molar-refractivity contribution in [3.8, 4) is 0 Å². The number of aryl methyl sites for hydroxylation is 4. The maximum absolute atomic E-state index is 13.4. The SMILES string of the molecule is C.CC(C)(C)c1ccccc1.Cc1c(F)c(F)c(C(C)(C)C)c(F)c1F.Cc1ccc(C(C)(C)C)c([N+](=O)[O-])c1.Cc1ccc(C(C)(C)C)cc1.Cc1ccc(C(C)(C)C)cc1.Cc1ccc(C(C)(C)C)cc1. The highest BCUT2D eigenvalue weighted by atomic mass is 19.2. The van der Waals surface area contributed by atoms with Crippen molar-refractivity contribution in [2.45, 2.75) is 199 Å². The van der Waals surface area contributed by atoms with Gasteiger partial charge in [-0.2, -0.15) is 0 Å². The summed E-state index contributed by atoms with van der Waals surface area (Å²) in [6.45, 7) is 46.4. The highest BCUT2D eigenvalue weighted by molar-refractivity contribution is 5.46. The van der Waals surface area contributed by atoms with Gasteiger partial charge in [0.1, 0.15) is 0 Å². The Morgan fingerprint density at radius 3 is 0.863 bits per heavy atom. The van der Waals surface area contributed by atoms with Crippen LogP contribution in [-0.4, -0.2) is 4.92 Å². The summed E-state index contributed by atoms with van der Waals surface area (Å²) >= 11 is 0. The topological polar surface area (TPSA) is 43.1 Å². The quantitative estimate of drug-likeness (QED) is 0.0713. The van der Waals surface area contributed by atoms with Gasteiger partial charge in [0.25, 0.3) is 5.69 Å². The van der Waals surface area contributed by atoms with Crippen molar-refractivity contribution >= 4 is 5.69 Å². The molecule has 0 atom stereocenters. The predicted octanol–water partition coefficient (Wildman–Crippen LogP) is 20.5. The minimum Gasteiger partial charge on any atom is -0.258 e. The number of hydrogen-bond donors (Lipinski definition) is 0. The lowest BCUT2D eigenvalue weighted by atomic mass is 9.85. The predicted molar refractivity (Wildman–Crippen MR) is 308 cm³/mol. The molecule has 0 spiro atoms. The lowest BCUT2D eigenvalue weighted by Gasteiger charge is -2.21. The molecule has 0 fully saturated rings. The molecule has 6 aromatic carbocycles. The third-order valence-electron chi connectivity index (χ3n) is 11.8. The van der Waals surface area contributed by atoms with Crippen LogP contribution >= 0.6 is 0 Å². The van der Waals surface area contributed by atoms with Crippen LogP contribution in [0.3, 0.4) is 0 Å². The zero-order valence-electron chi connectivity index (χ0n) is 48.3. The van der Waals surface area contributed by atoms with Gasteiger partial charge in [-0.15, -0.1) is 0 Å². The van der Waals surface area contributed by atoms with Crippen LogP contribution in [0, 0.1) is 68.0 Å². The minimum atomic E-state index is -1.32. The summed E-state index contributed by atoms with van der Waals surface area (Å²) < 4.78 is 53.2. The van der Waals surface area contributed by atoms with E-state index in [1.165, 1.54) is 59.7 Å². The van der Waals surface area contributed by atoms with Crippen LogP contribution in [0.1, 0.15) is 193 Å². The van der Waals surface area contributed by atoms with E-state index in [0.717, 1.165) is 18.1 Å².